The van der Waals surface area contributed by atoms with E-state index < -0.39 is 29.6 Å². The molecule has 1 fully saturated rings. The molecule has 11 heteroatoms. The SMILES string of the molecule is CCOC(=O)c1cc(NC(=O)CN2C(=O)S/C(=C/c3ccc(Cl)cc3Cl)C2=O)ccc1Cl. The van der Waals surface area contributed by atoms with Crippen LogP contribution < -0.4 is 5.32 Å². The molecule has 1 N–H and O–H groups in total. The molecule has 1 aliphatic heterocycles. The highest BCUT2D eigenvalue weighted by atomic mass is 35.5. The lowest BCUT2D eigenvalue weighted by Crippen LogP contribution is -2.36. The van der Waals surface area contributed by atoms with Crippen molar-refractivity contribution >= 4 is 81.4 Å². The maximum Gasteiger partial charge on any atom is 0.339 e. The van der Waals surface area contributed by atoms with Crippen molar-refractivity contribution in [3.8, 4) is 0 Å². The fourth-order valence-corrected chi connectivity index (χ4v) is 4.20. The number of carbonyl (C=O) groups is 4. The molecule has 0 unspecified atom stereocenters. The van der Waals surface area contributed by atoms with Crippen LogP contribution in [0.2, 0.25) is 15.1 Å². The van der Waals surface area contributed by atoms with Crippen LogP contribution in [0.25, 0.3) is 6.08 Å². The predicted molar refractivity (Wildman–Crippen MR) is 125 cm³/mol. The summed E-state index contributed by atoms with van der Waals surface area (Å²) in [7, 11) is 0. The van der Waals surface area contributed by atoms with E-state index in [0.29, 0.717) is 27.4 Å². The van der Waals surface area contributed by atoms with Crippen molar-refractivity contribution in [1.82, 2.24) is 4.90 Å². The monoisotopic (exact) mass is 512 g/mol. The van der Waals surface area contributed by atoms with Gasteiger partial charge in [0.1, 0.15) is 6.54 Å². The Balaban J connectivity index is 1.71. The van der Waals surface area contributed by atoms with Crippen LogP contribution in [0.1, 0.15) is 22.8 Å². The fraction of sp³-hybridized carbons (Fsp3) is 0.143. The van der Waals surface area contributed by atoms with Crippen molar-refractivity contribution in [3.05, 3.63) is 67.5 Å². The highest BCUT2D eigenvalue weighted by Crippen LogP contribution is 2.34. The molecule has 3 rings (SSSR count). The van der Waals surface area contributed by atoms with Crippen molar-refractivity contribution in [2.75, 3.05) is 18.5 Å². The van der Waals surface area contributed by atoms with Gasteiger partial charge in [-0.3, -0.25) is 19.3 Å². The van der Waals surface area contributed by atoms with Gasteiger partial charge in [0, 0.05) is 15.7 Å². The number of imide groups is 1. The number of anilines is 1. The number of benzene rings is 2. The maximum atomic E-state index is 12.6. The molecule has 1 saturated heterocycles. The molecule has 1 aliphatic rings. The summed E-state index contributed by atoms with van der Waals surface area (Å²) in [4.78, 5) is 50.3. The average molecular weight is 514 g/mol. The summed E-state index contributed by atoms with van der Waals surface area (Å²) in [5.41, 5.74) is 0.858. The maximum absolute atomic E-state index is 12.6. The number of hydrogen-bond acceptors (Lipinski definition) is 6. The Kier molecular flexibility index (Phi) is 7.84. The number of halogens is 3. The highest BCUT2D eigenvalue weighted by molar-refractivity contribution is 8.18. The van der Waals surface area contributed by atoms with Crippen molar-refractivity contribution in [2.24, 2.45) is 0 Å². The molecule has 3 amide bonds. The van der Waals surface area contributed by atoms with Crippen LogP contribution in [0.5, 0.6) is 0 Å². The van der Waals surface area contributed by atoms with Crippen LogP contribution in [-0.2, 0) is 14.3 Å². The highest BCUT2D eigenvalue weighted by Gasteiger charge is 2.36. The van der Waals surface area contributed by atoms with Gasteiger partial charge in [0.25, 0.3) is 11.1 Å². The van der Waals surface area contributed by atoms with E-state index in [2.05, 4.69) is 5.32 Å². The van der Waals surface area contributed by atoms with Crippen LogP contribution in [-0.4, -0.2) is 41.1 Å². The fourth-order valence-electron chi connectivity index (χ4n) is 2.71. The lowest BCUT2D eigenvalue weighted by Gasteiger charge is -2.13. The number of rotatable bonds is 6. The number of hydrogen-bond donors (Lipinski definition) is 1. The number of amides is 3. The summed E-state index contributed by atoms with van der Waals surface area (Å²) < 4.78 is 4.92. The first-order valence-corrected chi connectivity index (χ1v) is 11.1. The van der Waals surface area contributed by atoms with Crippen LogP contribution in [0.4, 0.5) is 10.5 Å². The zero-order valence-electron chi connectivity index (χ0n) is 16.5. The third-order valence-corrected chi connectivity index (χ3v) is 5.97. The number of carbonyl (C=O) groups excluding carboxylic acids is 4. The zero-order chi connectivity index (χ0) is 23.4. The predicted octanol–water partition coefficient (Wildman–Crippen LogP) is 5.50. The molecule has 166 valence electrons. The number of nitrogens with zero attached hydrogens (tertiary/aromatic N) is 1. The minimum Gasteiger partial charge on any atom is -0.462 e. The van der Waals surface area contributed by atoms with Gasteiger partial charge in [0.2, 0.25) is 5.91 Å². The van der Waals surface area contributed by atoms with Gasteiger partial charge in [-0.15, -0.1) is 0 Å². The molecule has 32 heavy (non-hydrogen) atoms. The standard InChI is InChI=1S/C21H15Cl3N2O5S/c1-2-31-20(29)14-9-13(5-6-15(14)23)25-18(27)10-26-19(28)17(32-21(26)30)7-11-3-4-12(22)8-16(11)24/h3-9H,2,10H2,1H3,(H,25,27)/b17-7+. The topological polar surface area (TPSA) is 92.8 Å². The van der Waals surface area contributed by atoms with E-state index in [4.69, 9.17) is 39.5 Å². The quantitative estimate of drug-likeness (QED) is 0.405. The molecule has 0 aliphatic carbocycles. The first-order valence-electron chi connectivity index (χ1n) is 9.16. The average Bonchev–Trinajstić information content (AvgIpc) is 2.99. The molecule has 2 aromatic rings. The lowest BCUT2D eigenvalue weighted by atomic mass is 10.2. The third-order valence-electron chi connectivity index (χ3n) is 4.17. The van der Waals surface area contributed by atoms with E-state index in [-0.39, 0.29) is 27.8 Å². The van der Waals surface area contributed by atoms with Gasteiger partial charge in [-0.25, -0.2) is 4.79 Å². The van der Waals surface area contributed by atoms with Crippen molar-refractivity contribution in [2.45, 2.75) is 6.92 Å². The van der Waals surface area contributed by atoms with Crippen molar-refractivity contribution in [3.63, 3.8) is 0 Å². The van der Waals surface area contributed by atoms with Gasteiger partial charge in [-0.05, 0) is 60.7 Å². The van der Waals surface area contributed by atoms with Crippen LogP contribution in [0, 0.1) is 0 Å². The molecule has 0 radical (unpaired) electrons. The summed E-state index contributed by atoms with van der Waals surface area (Å²) in [5.74, 6) is -1.88. The molecule has 1 heterocycles. The largest absolute Gasteiger partial charge is 0.462 e. The van der Waals surface area contributed by atoms with Gasteiger partial charge < -0.3 is 10.1 Å². The molecule has 0 aromatic heterocycles. The normalized spacial score (nSPS) is 14.8. The number of ether oxygens (including phenoxy) is 1. The Bertz CT molecular complexity index is 1150. The molecule has 0 spiro atoms. The van der Waals surface area contributed by atoms with E-state index >= 15 is 0 Å². The minimum absolute atomic E-state index is 0.0836. The summed E-state index contributed by atoms with van der Waals surface area (Å²) in [6.07, 6.45) is 1.46. The number of esters is 1. The second-order valence-electron chi connectivity index (χ2n) is 6.40. The second kappa shape index (κ2) is 10.4. The minimum atomic E-state index is -0.634. The summed E-state index contributed by atoms with van der Waals surface area (Å²) in [6.45, 7) is 1.32. The van der Waals surface area contributed by atoms with Crippen molar-refractivity contribution < 1.29 is 23.9 Å². The van der Waals surface area contributed by atoms with Gasteiger partial charge in [-0.2, -0.15) is 0 Å². The summed E-state index contributed by atoms with van der Waals surface area (Å²) in [5, 5.41) is 2.87. The van der Waals surface area contributed by atoms with Gasteiger partial charge in [0.15, 0.2) is 0 Å². The van der Waals surface area contributed by atoms with Crippen LogP contribution in [0.3, 0.4) is 0 Å². The van der Waals surface area contributed by atoms with Gasteiger partial charge in [0.05, 0.1) is 22.1 Å². The molecule has 7 nitrogen and oxygen atoms in total. The van der Waals surface area contributed by atoms with E-state index in [0.717, 1.165) is 4.90 Å². The van der Waals surface area contributed by atoms with E-state index in [1.165, 1.54) is 30.3 Å². The lowest BCUT2D eigenvalue weighted by molar-refractivity contribution is -0.127. The Morgan fingerprint density at radius 2 is 1.84 bits per heavy atom. The Morgan fingerprint density at radius 3 is 2.53 bits per heavy atom. The molecular formula is C21H15Cl3N2O5S. The zero-order valence-corrected chi connectivity index (χ0v) is 19.6. The van der Waals surface area contributed by atoms with Crippen LogP contribution >= 0.6 is 46.6 Å². The molecule has 0 atom stereocenters. The van der Waals surface area contributed by atoms with E-state index in [1.807, 2.05) is 0 Å². The number of nitrogens with one attached hydrogen (secondary N) is 1. The number of thioether (sulfide) groups is 1. The molecular weight excluding hydrogens is 499 g/mol. The van der Waals surface area contributed by atoms with E-state index in [9.17, 15) is 19.2 Å². The molecule has 0 bridgehead atoms. The van der Waals surface area contributed by atoms with Crippen LogP contribution in [0.15, 0.2) is 41.3 Å². The second-order valence-corrected chi connectivity index (χ2v) is 8.64. The first-order chi connectivity index (χ1) is 15.2. The van der Waals surface area contributed by atoms with Gasteiger partial charge >= 0.3 is 5.97 Å². The first kappa shape index (κ1) is 24.1. The van der Waals surface area contributed by atoms with Crippen molar-refractivity contribution in [1.29, 1.82) is 0 Å². The summed E-state index contributed by atoms with van der Waals surface area (Å²) >= 11 is 18.7. The Hall–Kier alpha value is -2.52. The Labute approximate surface area is 202 Å². The smallest absolute Gasteiger partial charge is 0.339 e. The summed E-state index contributed by atoms with van der Waals surface area (Å²) in [6, 6.07) is 9.01. The molecule has 0 saturated carbocycles. The van der Waals surface area contributed by atoms with E-state index in [1.54, 1.807) is 19.1 Å². The Morgan fingerprint density at radius 1 is 1.09 bits per heavy atom. The molecule has 2 aromatic carbocycles. The third kappa shape index (κ3) is 5.63. The van der Waals surface area contributed by atoms with Gasteiger partial charge in [-0.1, -0.05) is 40.9 Å².